The molecule has 132 valence electrons. The lowest BCUT2D eigenvalue weighted by Gasteiger charge is -2.39. The number of carbonyl (C=O) groups excluding carboxylic acids is 1. The van der Waals surface area contributed by atoms with Gasteiger partial charge in [0.2, 0.25) is 11.8 Å². The van der Waals surface area contributed by atoms with Crippen LogP contribution in [0.1, 0.15) is 30.7 Å². The van der Waals surface area contributed by atoms with Crippen LogP contribution >= 0.6 is 0 Å². The third-order valence-corrected chi connectivity index (χ3v) is 5.55. The minimum Gasteiger partial charge on any atom is -0.441 e. The van der Waals surface area contributed by atoms with Crippen LogP contribution in [0.5, 0.6) is 0 Å². The Morgan fingerprint density at radius 1 is 1.24 bits per heavy atom. The molecule has 1 spiro atoms. The highest BCUT2D eigenvalue weighted by atomic mass is 16.4. The Balaban J connectivity index is 1.49. The molecule has 0 saturated carbocycles. The van der Waals surface area contributed by atoms with Gasteiger partial charge in [-0.3, -0.25) is 9.69 Å². The molecular formula is C20H25N3O2. The summed E-state index contributed by atoms with van der Waals surface area (Å²) in [5, 5.41) is 0. The number of piperidine rings is 1. The van der Waals surface area contributed by atoms with Gasteiger partial charge in [0.1, 0.15) is 5.76 Å². The Morgan fingerprint density at radius 3 is 2.76 bits per heavy atom. The second-order valence-electron chi connectivity index (χ2n) is 7.63. The minimum atomic E-state index is 0.129. The predicted octanol–water partition coefficient (Wildman–Crippen LogP) is 3.09. The summed E-state index contributed by atoms with van der Waals surface area (Å²) >= 11 is 0. The lowest BCUT2D eigenvalue weighted by molar-refractivity contribution is -0.126. The standard InChI is InChI=1S/C20H25N3O2/c1-15-17(21-19(25-15)16-7-4-3-5-8-16)12-23-10-6-9-20(14-23)11-18(24)22(2)13-20/h3-5,7-8H,6,9-14H2,1-2H3. The Hall–Kier alpha value is -2.14. The summed E-state index contributed by atoms with van der Waals surface area (Å²) < 4.78 is 5.89. The average molecular weight is 339 g/mol. The van der Waals surface area contributed by atoms with Gasteiger partial charge in [0.25, 0.3) is 0 Å². The summed E-state index contributed by atoms with van der Waals surface area (Å²) in [6.45, 7) is 5.70. The van der Waals surface area contributed by atoms with Crippen LogP contribution in [-0.4, -0.2) is 47.4 Å². The number of oxazole rings is 1. The van der Waals surface area contributed by atoms with Crippen molar-refractivity contribution in [1.29, 1.82) is 0 Å². The molecule has 1 aromatic heterocycles. The SMILES string of the molecule is Cc1oc(-c2ccccc2)nc1CN1CCCC2(CC(=O)N(C)C2)C1. The fourth-order valence-corrected chi connectivity index (χ4v) is 4.31. The van der Waals surface area contributed by atoms with Crippen LogP contribution in [0, 0.1) is 12.3 Å². The largest absolute Gasteiger partial charge is 0.441 e. The average Bonchev–Trinajstić information content (AvgIpc) is 3.08. The molecule has 2 aliphatic rings. The van der Waals surface area contributed by atoms with E-state index in [-0.39, 0.29) is 11.3 Å². The van der Waals surface area contributed by atoms with E-state index in [1.807, 2.05) is 49.2 Å². The molecule has 1 amide bonds. The van der Waals surface area contributed by atoms with Crippen LogP contribution < -0.4 is 0 Å². The molecule has 1 aromatic carbocycles. The molecule has 5 heteroatoms. The van der Waals surface area contributed by atoms with Crippen LogP contribution in [0.15, 0.2) is 34.7 Å². The van der Waals surface area contributed by atoms with Crippen molar-refractivity contribution in [3.8, 4) is 11.5 Å². The number of benzene rings is 1. The third-order valence-electron chi connectivity index (χ3n) is 5.55. The molecule has 0 radical (unpaired) electrons. The third kappa shape index (κ3) is 3.21. The van der Waals surface area contributed by atoms with E-state index in [0.29, 0.717) is 12.3 Å². The van der Waals surface area contributed by atoms with Gasteiger partial charge < -0.3 is 9.32 Å². The van der Waals surface area contributed by atoms with Crippen LogP contribution in [0.3, 0.4) is 0 Å². The molecule has 1 atom stereocenters. The van der Waals surface area contributed by atoms with Crippen LogP contribution in [0.2, 0.25) is 0 Å². The molecule has 4 rings (SSSR count). The van der Waals surface area contributed by atoms with Crippen molar-refractivity contribution in [2.75, 3.05) is 26.7 Å². The summed E-state index contributed by atoms with van der Waals surface area (Å²) in [5.41, 5.74) is 2.15. The van der Waals surface area contributed by atoms with Gasteiger partial charge in [-0.25, -0.2) is 4.98 Å². The first kappa shape index (κ1) is 16.3. The topological polar surface area (TPSA) is 49.6 Å². The fourth-order valence-electron chi connectivity index (χ4n) is 4.31. The van der Waals surface area contributed by atoms with Crippen LogP contribution in [0.25, 0.3) is 11.5 Å². The van der Waals surface area contributed by atoms with Gasteiger partial charge in [0.15, 0.2) is 0 Å². The number of aromatic nitrogens is 1. The molecule has 5 nitrogen and oxygen atoms in total. The van der Waals surface area contributed by atoms with E-state index in [1.165, 1.54) is 0 Å². The Kier molecular flexibility index (Phi) is 4.12. The van der Waals surface area contributed by atoms with E-state index in [4.69, 9.17) is 9.40 Å². The maximum Gasteiger partial charge on any atom is 0.226 e. The molecule has 2 aliphatic heterocycles. The summed E-state index contributed by atoms with van der Waals surface area (Å²) in [7, 11) is 1.92. The number of carbonyl (C=O) groups is 1. The second-order valence-corrected chi connectivity index (χ2v) is 7.63. The zero-order valence-corrected chi connectivity index (χ0v) is 15.0. The number of amides is 1. The molecule has 2 saturated heterocycles. The highest BCUT2D eigenvalue weighted by Gasteiger charge is 2.44. The zero-order valence-electron chi connectivity index (χ0n) is 15.0. The zero-order chi connectivity index (χ0) is 17.4. The smallest absolute Gasteiger partial charge is 0.226 e. The van der Waals surface area contributed by atoms with E-state index in [1.54, 1.807) is 0 Å². The number of hydrogen-bond acceptors (Lipinski definition) is 4. The molecule has 2 aromatic rings. The second kappa shape index (κ2) is 6.30. The van der Waals surface area contributed by atoms with Crippen molar-refractivity contribution in [3.05, 3.63) is 41.8 Å². The Morgan fingerprint density at radius 2 is 2.04 bits per heavy atom. The van der Waals surface area contributed by atoms with Gasteiger partial charge in [-0.05, 0) is 38.4 Å². The van der Waals surface area contributed by atoms with Gasteiger partial charge in [-0.2, -0.15) is 0 Å². The van der Waals surface area contributed by atoms with E-state index in [0.717, 1.165) is 56.0 Å². The van der Waals surface area contributed by atoms with Crippen molar-refractivity contribution < 1.29 is 9.21 Å². The van der Waals surface area contributed by atoms with Crippen molar-refractivity contribution in [3.63, 3.8) is 0 Å². The summed E-state index contributed by atoms with van der Waals surface area (Å²) in [4.78, 5) is 21.1. The lowest BCUT2D eigenvalue weighted by atomic mass is 9.79. The van der Waals surface area contributed by atoms with Crippen molar-refractivity contribution >= 4 is 5.91 Å². The first-order valence-electron chi connectivity index (χ1n) is 9.03. The molecule has 25 heavy (non-hydrogen) atoms. The first-order chi connectivity index (χ1) is 12.0. The molecule has 0 aliphatic carbocycles. The van der Waals surface area contributed by atoms with Crippen molar-refractivity contribution in [2.24, 2.45) is 5.41 Å². The quantitative estimate of drug-likeness (QED) is 0.862. The summed E-state index contributed by atoms with van der Waals surface area (Å²) in [6, 6.07) is 10.0. The molecule has 0 N–H and O–H groups in total. The fraction of sp³-hybridized carbons (Fsp3) is 0.500. The highest BCUT2D eigenvalue weighted by molar-refractivity contribution is 5.79. The van der Waals surface area contributed by atoms with E-state index >= 15 is 0 Å². The van der Waals surface area contributed by atoms with Gasteiger partial charge >= 0.3 is 0 Å². The predicted molar refractivity (Wildman–Crippen MR) is 95.9 cm³/mol. The highest BCUT2D eigenvalue weighted by Crippen LogP contribution is 2.39. The van der Waals surface area contributed by atoms with E-state index < -0.39 is 0 Å². The first-order valence-corrected chi connectivity index (χ1v) is 9.03. The Bertz CT molecular complexity index is 771. The number of aryl methyl sites for hydroxylation is 1. The number of nitrogens with zero attached hydrogens (tertiary/aromatic N) is 3. The summed E-state index contributed by atoms with van der Waals surface area (Å²) in [6.07, 6.45) is 2.98. The van der Waals surface area contributed by atoms with Crippen LogP contribution in [0.4, 0.5) is 0 Å². The molecule has 0 bridgehead atoms. The molecule has 2 fully saturated rings. The number of hydrogen-bond donors (Lipinski definition) is 0. The summed E-state index contributed by atoms with van der Waals surface area (Å²) in [5.74, 6) is 1.86. The van der Waals surface area contributed by atoms with E-state index in [9.17, 15) is 4.79 Å². The van der Waals surface area contributed by atoms with Gasteiger partial charge in [-0.1, -0.05) is 18.2 Å². The van der Waals surface area contributed by atoms with E-state index in [2.05, 4.69) is 4.90 Å². The molecule has 1 unspecified atom stereocenters. The maximum atomic E-state index is 12.0. The lowest BCUT2D eigenvalue weighted by Crippen LogP contribution is -2.44. The molecular weight excluding hydrogens is 314 g/mol. The van der Waals surface area contributed by atoms with Crippen LogP contribution in [-0.2, 0) is 11.3 Å². The number of likely N-dealkylation sites (tertiary alicyclic amines) is 2. The Labute approximate surface area is 148 Å². The van der Waals surface area contributed by atoms with Gasteiger partial charge in [0.05, 0.1) is 5.69 Å². The minimum absolute atomic E-state index is 0.129. The van der Waals surface area contributed by atoms with Crippen molar-refractivity contribution in [2.45, 2.75) is 32.7 Å². The van der Waals surface area contributed by atoms with Crippen molar-refractivity contribution in [1.82, 2.24) is 14.8 Å². The van der Waals surface area contributed by atoms with Gasteiger partial charge in [-0.15, -0.1) is 0 Å². The number of rotatable bonds is 3. The maximum absolute atomic E-state index is 12.0. The monoisotopic (exact) mass is 339 g/mol. The molecule has 3 heterocycles. The van der Waals surface area contributed by atoms with Gasteiger partial charge in [0, 0.05) is 44.1 Å². The normalized spacial score (nSPS) is 24.4.